The van der Waals surface area contributed by atoms with E-state index in [4.69, 9.17) is 0 Å². The third-order valence-electron chi connectivity index (χ3n) is 3.32. The van der Waals surface area contributed by atoms with Gasteiger partial charge in [0.15, 0.2) is 0 Å². The third-order valence-corrected chi connectivity index (χ3v) is 4.22. The van der Waals surface area contributed by atoms with Gasteiger partial charge in [-0.1, -0.05) is 20.8 Å². The van der Waals surface area contributed by atoms with Crippen LogP contribution in [0.3, 0.4) is 0 Å². The van der Waals surface area contributed by atoms with Crippen molar-refractivity contribution in [1.82, 2.24) is 5.32 Å². The van der Waals surface area contributed by atoms with E-state index in [2.05, 4.69) is 26.1 Å². The SMILES string of the molecule is CCSCCNC1CCC(C)C1C. The van der Waals surface area contributed by atoms with Crippen LogP contribution in [0.4, 0.5) is 0 Å². The molecule has 0 saturated heterocycles. The van der Waals surface area contributed by atoms with Crippen LogP contribution in [0, 0.1) is 11.8 Å². The molecule has 0 aromatic heterocycles. The first-order valence-corrected chi connectivity index (χ1v) is 6.72. The van der Waals surface area contributed by atoms with Gasteiger partial charge in [0.05, 0.1) is 0 Å². The van der Waals surface area contributed by atoms with E-state index in [1.807, 2.05) is 11.8 Å². The molecule has 0 aliphatic heterocycles. The van der Waals surface area contributed by atoms with Gasteiger partial charge in [-0.05, 0) is 30.4 Å². The monoisotopic (exact) mass is 201 g/mol. The van der Waals surface area contributed by atoms with Crippen LogP contribution in [0.5, 0.6) is 0 Å². The Morgan fingerprint density at radius 1 is 1.31 bits per heavy atom. The first-order valence-electron chi connectivity index (χ1n) is 5.56. The zero-order chi connectivity index (χ0) is 9.68. The zero-order valence-electron chi connectivity index (χ0n) is 9.18. The summed E-state index contributed by atoms with van der Waals surface area (Å²) in [6, 6.07) is 0.799. The van der Waals surface area contributed by atoms with Crippen molar-refractivity contribution in [2.45, 2.75) is 39.7 Å². The van der Waals surface area contributed by atoms with Crippen molar-refractivity contribution in [3.63, 3.8) is 0 Å². The van der Waals surface area contributed by atoms with E-state index in [9.17, 15) is 0 Å². The normalized spacial score (nSPS) is 33.9. The number of rotatable bonds is 5. The lowest BCUT2D eigenvalue weighted by molar-refractivity contribution is 0.377. The molecule has 1 nitrogen and oxygen atoms in total. The first-order chi connectivity index (χ1) is 6.25. The highest BCUT2D eigenvalue weighted by Gasteiger charge is 2.28. The van der Waals surface area contributed by atoms with Gasteiger partial charge in [-0.2, -0.15) is 11.8 Å². The summed E-state index contributed by atoms with van der Waals surface area (Å²) in [6.45, 7) is 8.20. The number of hydrogen-bond donors (Lipinski definition) is 1. The van der Waals surface area contributed by atoms with Gasteiger partial charge < -0.3 is 5.32 Å². The van der Waals surface area contributed by atoms with Gasteiger partial charge in [0.2, 0.25) is 0 Å². The predicted octanol–water partition coefficient (Wildman–Crippen LogP) is 2.76. The van der Waals surface area contributed by atoms with Crippen LogP contribution in [-0.4, -0.2) is 24.1 Å². The van der Waals surface area contributed by atoms with Crippen molar-refractivity contribution >= 4 is 11.8 Å². The molecule has 0 bridgehead atoms. The summed E-state index contributed by atoms with van der Waals surface area (Å²) < 4.78 is 0. The largest absolute Gasteiger partial charge is 0.313 e. The Kier molecular flexibility index (Phi) is 5.18. The second-order valence-corrected chi connectivity index (χ2v) is 5.57. The Balaban J connectivity index is 2.08. The number of thioether (sulfide) groups is 1. The minimum absolute atomic E-state index is 0.799. The summed E-state index contributed by atoms with van der Waals surface area (Å²) in [5.74, 6) is 4.33. The highest BCUT2D eigenvalue weighted by atomic mass is 32.2. The minimum atomic E-state index is 0.799. The molecule has 0 heterocycles. The van der Waals surface area contributed by atoms with E-state index < -0.39 is 0 Å². The van der Waals surface area contributed by atoms with Gasteiger partial charge in [0.1, 0.15) is 0 Å². The summed E-state index contributed by atoms with van der Waals surface area (Å²) in [6.07, 6.45) is 2.80. The lowest BCUT2D eigenvalue weighted by atomic mass is 9.98. The van der Waals surface area contributed by atoms with Crippen LogP contribution in [0.2, 0.25) is 0 Å². The smallest absolute Gasteiger partial charge is 0.00956 e. The first kappa shape index (κ1) is 11.4. The van der Waals surface area contributed by atoms with Crippen molar-refractivity contribution in [1.29, 1.82) is 0 Å². The summed E-state index contributed by atoms with van der Waals surface area (Å²) in [5, 5.41) is 3.68. The maximum Gasteiger partial charge on any atom is 0.00956 e. The van der Waals surface area contributed by atoms with Gasteiger partial charge in [-0.3, -0.25) is 0 Å². The Bertz CT molecular complexity index is 138. The average Bonchev–Trinajstić information content (AvgIpc) is 2.43. The van der Waals surface area contributed by atoms with Crippen molar-refractivity contribution in [2.75, 3.05) is 18.1 Å². The second-order valence-electron chi connectivity index (χ2n) is 4.17. The van der Waals surface area contributed by atoms with E-state index >= 15 is 0 Å². The maximum absolute atomic E-state index is 3.68. The molecule has 2 heteroatoms. The standard InChI is InChI=1S/C11H23NS/c1-4-13-8-7-12-11-6-5-9(2)10(11)3/h9-12H,4-8H2,1-3H3. The maximum atomic E-state index is 3.68. The number of hydrogen-bond acceptors (Lipinski definition) is 2. The molecule has 0 spiro atoms. The molecule has 3 unspecified atom stereocenters. The van der Waals surface area contributed by atoms with Gasteiger partial charge >= 0.3 is 0 Å². The molecule has 1 saturated carbocycles. The summed E-state index contributed by atoms with van der Waals surface area (Å²) in [4.78, 5) is 0. The predicted molar refractivity (Wildman–Crippen MR) is 62.4 cm³/mol. The molecule has 13 heavy (non-hydrogen) atoms. The quantitative estimate of drug-likeness (QED) is 0.687. The van der Waals surface area contributed by atoms with Crippen LogP contribution in [0.1, 0.15) is 33.6 Å². The van der Waals surface area contributed by atoms with E-state index in [1.165, 1.54) is 30.9 Å². The van der Waals surface area contributed by atoms with Crippen molar-refractivity contribution in [3.05, 3.63) is 0 Å². The molecule has 0 aromatic carbocycles. The molecule has 0 radical (unpaired) electrons. The summed E-state index contributed by atoms with van der Waals surface area (Å²) >= 11 is 2.03. The Labute approximate surface area is 87.1 Å². The van der Waals surface area contributed by atoms with Gasteiger partial charge in [0.25, 0.3) is 0 Å². The molecule has 1 aliphatic rings. The fourth-order valence-corrected chi connectivity index (χ4v) is 2.66. The van der Waals surface area contributed by atoms with Gasteiger partial charge in [-0.25, -0.2) is 0 Å². The van der Waals surface area contributed by atoms with E-state index in [0.29, 0.717) is 0 Å². The third kappa shape index (κ3) is 3.51. The van der Waals surface area contributed by atoms with Crippen LogP contribution in [0.25, 0.3) is 0 Å². The van der Waals surface area contributed by atoms with Crippen molar-refractivity contribution < 1.29 is 0 Å². The Hall–Kier alpha value is 0.310. The minimum Gasteiger partial charge on any atom is -0.313 e. The number of nitrogens with one attached hydrogen (secondary N) is 1. The van der Waals surface area contributed by atoms with Crippen LogP contribution in [0.15, 0.2) is 0 Å². The topological polar surface area (TPSA) is 12.0 Å². The second kappa shape index (κ2) is 5.92. The van der Waals surface area contributed by atoms with E-state index in [-0.39, 0.29) is 0 Å². The molecule has 1 fully saturated rings. The van der Waals surface area contributed by atoms with Crippen LogP contribution >= 0.6 is 11.8 Å². The highest BCUT2D eigenvalue weighted by molar-refractivity contribution is 7.99. The summed E-state index contributed by atoms with van der Waals surface area (Å²) in [5.41, 5.74) is 0. The molecule has 1 rings (SSSR count). The molecule has 1 N–H and O–H groups in total. The van der Waals surface area contributed by atoms with Crippen molar-refractivity contribution in [2.24, 2.45) is 11.8 Å². The summed E-state index contributed by atoms with van der Waals surface area (Å²) in [7, 11) is 0. The molecular formula is C11H23NS. The molecule has 0 amide bonds. The fourth-order valence-electron chi connectivity index (χ4n) is 2.11. The average molecular weight is 201 g/mol. The fraction of sp³-hybridized carbons (Fsp3) is 1.00. The van der Waals surface area contributed by atoms with Crippen molar-refractivity contribution in [3.8, 4) is 0 Å². The zero-order valence-corrected chi connectivity index (χ0v) is 9.99. The Morgan fingerprint density at radius 3 is 2.62 bits per heavy atom. The Morgan fingerprint density at radius 2 is 2.08 bits per heavy atom. The van der Waals surface area contributed by atoms with Gasteiger partial charge in [0, 0.05) is 18.3 Å². The lowest BCUT2D eigenvalue weighted by Crippen LogP contribution is -2.33. The molecule has 3 atom stereocenters. The van der Waals surface area contributed by atoms with Crippen LogP contribution in [-0.2, 0) is 0 Å². The highest BCUT2D eigenvalue weighted by Crippen LogP contribution is 2.30. The molecule has 1 aliphatic carbocycles. The van der Waals surface area contributed by atoms with E-state index in [0.717, 1.165) is 17.9 Å². The lowest BCUT2D eigenvalue weighted by Gasteiger charge is -2.19. The van der Waals surface area contributed by atoms with Gasteiger partial charge in [-0.15, -0.1) is 0 Å². The van der Waals surface area contributed by atoms with Crippen LogP contribution < -0.4 is 5.32 Å². The molecule has 78 valence electrons. The molecule has 0 aromatic rings. The van der Waals surface area contributed by atoms with E-state index in [1.54, 1.807) is 0 Å². The molecular weight excluding hydrogens is 178 g/mol.